The maximum atomic E-state index is 12.2. The van der Waals surface area contributed by atoms with Crippen LogP contribution in [0.1, 0.15) is 35.0 Å². The summed E-state index contributed by atoms with van der Waals surface area (Å²) < 4.78 is 7.95. The number of thioether (sulfide) groups is 1. The number of aromatic amines is 1. The Labute approximate surface area is 185 Å². The zero-order valence-corrected chi connectivity index (χ0v) is 19.0. The van der Waals surface area contributed by atoms with Crippen molar-refractivity contribution in [3.63, 3.8) is 0 Å². The lowest BCUT2D eigenvalue weighted by atomic mass is 10.0. The van der Waals surface area contributed by atoms with Gasteiger partial charge in [0.1, 0.15) is 12.4 Å². The summed E-state index contributed by atoms with van der Waals surface area (Å²) in [6.45, 7) is 9.32. The molecular formula is C24H26N4O2S. The normalized spacial score (nSPS) is 11.2. The Bertz CT molecular complexity index is 1280. The Morgan fingerprint density at radius 2 is 1.81 bits per heavy atom. The van der Waals surface area contributed by atoms with Gasteiger partial charge in [-0.05, 0) is 57.0 Å². The molecular weight excluding hydrogens is 408 g/mol. The molecule has 2 heterocycles. The molecule has 7 heteroatoms. The summed E-state index contributed by atoms with van der Waals surface area (Å²) in [6, 6.07) is 13.9. The Kier molecular flexibility index (Phi) is 6.13. The lowest BCUT2D eigenvalue weighted by Crippen LogP contribution is -2.08. The van der Waals surface area contributed by atoms with E-state index in [0.29, 0.717) is 12.4 Å². The van der Waals surface area contributed by atoms with E-state index in [0.717, 1.165) is 45.3 Å². The van der Waals surface area contributed by atoms with Gasteiger partial charge in [0.15, 0.2) is 11.0 Å². The number of hydrogen-bond donors (Lipinski definition) is 1. The molecule has 0 aliphatic carbocycles. The maximum absolute atomic E-state index is 12.2. The van der Waals surface area contributed by atoms with Crippen molar-refractivity contribution in [2.45, 2.75) is 51.8 Å². The highest BCUT2D eigenvalue weighted by atomic mass is 32.2. The van der Waals surface area contributed by atoms with Crippen molar-refractivity contribution >= 4 is 22.7 Å². The number of pyridine rings is 1. The van der Waals surface area contributed by atoms with Gasteiger partial charge in [-0.2, -0.15) is 0 Å². The molecule has 4 rings (SSSR count). The van der Waals surface area contributed by atoms with Crippen molar-refractivity contribution in [3.05, 3.63) is 80.9 Å². The molecule has 0 atom stereocenters. The van der Waals surface area contributed by atoms with Crippen LogP contribution in [0.4, 0.5) is 0 Å². The van der Waals surface area contributed by atoms with Gasteiger partial charge in [0.2, 0.25) is 5.56 Å². The van der Waals surface area contributed by atoms with Gasteiger partial charge in [0, 0.05) is 23.8 Å². The molecule has 160 valence electrons. The first-order chi connectivity index (χ1) is 14.9. The van der Waals surface area contributed by atoms with Crippen LogP contribution in [-0.2, 0) is 18.9 Å². The van der Waals surface area contributed by atoms with Crippen molar-refractivity contribution < 1.29 is 4.74 Å². The molecule has 2 aromatic heterocycles. The average Bonchev–Trinajstić information content (AvgIpc) is 3.14. The molecule has 0 fully saturated rings. The standard InChI is InChI=1S/C24H26N4O2S/c1-5-28-21(13-30-19-8-6-15(2)7-9-19)26-27-24(28)31-14-18-12-22(29)25-23-17(4)10-16(3)11-20(18)23/h6-12H,5,13-14H2,1-4H3,(H,25,29). The summed E-state index contributed by atoms with van der Waals surface area (Å²) in [5.74, 6) is 2.24. The highest BCUT2D eigenvalue weighted by Crippen LogP contribution is 2.27. The summed E-state index contributed by atoms with van der Waals surface area (Å²) in [5, 5.41) is 10.6. The zero-order chi connectivity index (χ0) is 22.0. The van der Waals surface area contributed by atoms with Crippen LogP contribution in [0.2, 0.25) is 0 Å². The van der Waals surface area contributed by atoms with Crippen LogP contribution in [0.15, 0.2) is 52.4 Å². The quantitative estimate of drug-likeness (QED) is 0.417. The van der Waals surface area contributed by atoms with E-state index in [2.05, 4.69) is 45.7 Å². The van der Waals surface area contributed by atoms with E-state index in [4.69, 9.17) is 4.74 Å². The number of benzene rings is 2. The monoisotopic (exact) mass is 434 g/mol. The molecule has 0 aliphatic heterocycles. The van der Waals surface area contributed by atoms with E-state index in [-0.39, 0.29) is 5.56 Å². The molecule has 6 nitrogen and oxygen atoms in total. The molecule has 31 heavy (non-hydrogen) atoms. The van der Waals surface area contributed by atoms with Gasteiger partial charge in [-0.3, -0.25) is 4.79 Å². The van der Waals surface area contributed by atoms with Gasteiger partial charge in [0.05, 0.1) is 5.52 Å². The SMILES string of the molecule is CCn1c(COc2ccc(C)cc2)nnc1SCc1cc(=O)[nH]c2c(C)cc(C)cc12. The Hall–Kier alpha value is -3.06. The van der Waals surface area contributed by atoms with Crippen LogP contribution in [0.3, 0.4) is 0 Å². The van der Waals surface area contributed by atoms with E-state index in [1.54, 1.807) is 17.8 Å². The predicted octanol–water partition coefficient (Wildman–Crippen LogP) is 4.94. The Balaban J connectivity index is 1.54. The van der Waals surface area contributed by atoms with Crippen molar-refractivity contribution in [1.82, 2.24) is 19.7 Å². The molecule has 0 saturated heterocycles. The van der Waals surface area contributed by atoms with Crippen LogP contribution < -0.4 is 10.3 Å². The van der Waals surface area contributed by atoms with Crippen LogP contribution in [0.5, 0.6) is 5.75 Å². The molecule has 0 spiro atoms. The molecule has 0 amide bonds. The highest BCUT2D eigenvalue weighted by molar-refractivity contribution is 7.98. The zero-order valence-electron chi connectivity index (χ0n) is 18.2. The van der Waals surface area contributed by atoms with Gasteiger partial charge in [-0.15, -0.1) is 10.2 Å². The van der Waals surface area contributed by atoms with Crippen molar-refractivity contribution in [2.24, 2.45) is 0 Å². The first-order valence-corrected chi connectivity index (χ1v) is 11.3. The van der Waals surface area contributed by atoms with E-state index in [9.17, 15) is 4.79 Å². The Morgan fingerprint density at radius 3 is 2.55 bits per heavy atom. The molecule has 2 aromatic carbocycles. The van der Waals surface area contributed by atoms with Crippen molar-refractivity contribution in [2.75, 3.05) is 0 Å². The smallest absolute Gasteiger partial charge is 0.248 e. The largest absolute Gasteiger partial charge is 0.486 e. The molecule has 4 aromatic rings. The highest BCUT2D eigenvalue weighted by Gasteiger charge is 2.14. The number of aromatic nitrogens is 4. The number of hydrogen-bond acceptors (Lipinski definition) is 5. The second-order valence-electron chi connectivity index (χ2n) is 7.70. The van der Waals surface area contributed by atoms with E-state index >= 15 is 0 Å². The topological polar surface area (TPSA) is 72.8 Å². The molecule has 1 N–H and O–H groups in total. The second-order valence-corrected chi connectivity index (χ2v) is 8.64. The van der Waals surface area contributed by atoms with Gasteiger partial charge >= 0.3 is 0 Å². The summed E-state index contributed by atoms with van der Waals surface area (Å²) in [4.78, 5) is 15.2. The third-order valence-electron chi connectivity index (χ3n) is 5.23. The first kappa shape index (κ1) is 21.2. The minimum atomic E-state index is -0.0841. The number of rotatable bonds is 7. The number of nitrogens with zero attached hydrogens (tertiary/aromatic N) is 3. The van der Waals surface area contributed by atoms with Crippen molar-refractivity contribution in [1.29, 1.82) is 0 Å². The summed E-state index contributed by atoms with van der Waals surface area (Å²) in [7, 11) is 0. The third kappa shape index (κ3) is 4.66. The lowest BCUT2D eigenvalue weighted by Gasteiger charge is -2.11. The van der Waals surface area contributed by atoms with Crippen LogP contribution in [0.25, 0.3) is 10.9 Å². The summed E-state index contributed by atoms with van der Waals surface area (Å²) in [5.41, 5.74) is 5.26. The Morgan fingerprint density at radius 1 is 1.03 bits per heavy atom. The number of H-pyrrole nitrogens is 1. The van der Waals surface area contributed by atoms with Gasteiger partial charge in [-0.1, -0.05) is 41.1 Å². The number of fused-ring (bicyclic) bond motifs is 1. The number of aryl methyl sites for hydroxylation is 3. The lowest BCUT2D eigenvalue weighted by molar-refractivity contribution is 0.288. The first-order valence-electron chi connectivity index (χ1n) is 10.3. The molecule has 0 unspecified atom stereocenters. The fourth-order valence-corrected chi connectivity index (χ4v) is 4.69. The number of ether oxygens (including phenoxy) is 1. The van der Waals surface area contributed by atoms with Gasteiger partial charge in [0.25, 0.3) is 0 Å². The predicted molar refractivity (Wildman–Crippen MR) is 125 cm³/mol. The maximum Gasteiger partial charge on any atom is 0.248 e. The minimum Gasteiger partial charge on any atom is -0.486 e. The van der Waals surface area contributed by atoms with Gasteiger partial charge in [-0.25, -0.2) is 0 Å². The van der Waals surface area contributed by atoms with E-state index in [1.165, 1.54) is 11.1 Å². The minimum absolute atomic E-state index is 0.0841. The number of nitrogens with one attached hydrogen (secondary N) is 1. The van der Waals surface area contributed by atoms with Crippen LogP contribution in [0, 0.1) is 20.8 Å². The molecule has 0 aliphatic rings. The van der Waals surface area contributed by atoms with Crippen LogP contribution >= 0.6 is 11.8 Å². The summed E-state index contributed by atoms with van der Waals surface area (Å²) >= 11 is 1.59. The molecule has 0 radical (unpaired) electrons. The average molecular weight is 435 g/mol. The van der Waals surface area contributed by atoms with Gasteiger partial charge < -0.3 is 14.3 Å². The van der Waals surface area contributed by atoms with E-state index < -0.39 is 0 Å². The van der Waals surface area contributed by atoms with Crippen LogP contribution in [-0.4, -0.2) is 19.7 Å². The fourth-order valence-electron chi connectivity index (χ4n) is 3.68. The second kappa shape index (κ2) is 8.98. The molecule has 0 bridgehead atoms. The fraction of sp³-hybridized carbons (Fsp3) is 0.292. The van der Waals surface area contributed by atoms with E-state index in [1.807, 2.05) is 38.1 Å². The third-order valence-corrected chi connectivity index (χ3v) is 6.25. The molecule has 0 saturated carbocycles. The van der Waals surface area contributed by atoms with Crippen molar-refractivity contribution in [3.8, 4) is 5.75 Å². The summed E-state index contributed by atoms with van der Waals surface area (Å²) in [6.07, 6.45) is 0.